The highest BCUT2D eigenvalue weighted by Gasteiger charge is 2.14. The van der Waals surface area contributed by atoms with Crippen molar-refractivity contribution in [2.45, 2.75) is 0 Å². The molecule has 0 saturated carbocycles. The second-order valence-electron chi connectivity index (χ2n) is 6.59. The van der Waals surface area contributed by atoms with Gasteiger partial charge in [0.1, 0.15) is 17.1 Å². The van der Waals surface area contributed by atoms with Crippen LogP contribution < -0.4 is 20.4 Å². The molecule has 150 valence electrons. The van der Waals surface area contributed by atoms with Gasteiger partial charge in [0.15, 0.2) is 0 Å². The first-order valence-corrected chi connectivity index (χ1v) is 9.26. The van der Waals surface area contributed by atoms with Crippen LogP contribution in [0, 0.1) is 0 Å². The van der Waals surface area contributed by atoms with E-state index in [1.54, 1.807) is 61.7 Å². The van der Waals surface area contributed by atoms with E-state index in [0.717, 1.165) is 5.39 Å². The number of methoxy groups -OCH3 is 2. The second kappa shape index (κ2) is 8.13. The third-order valence-electron chi connectivity index (χ3n) is 4.73. The average Bonchev–Trinajstić information content (AvgIpc) is 2.78. The molecule has 6 nitrogen and oxygen atoms in total. The molecule has 0 unspecified atom stereocenters. The molecule has 0 radical (unpaired) electrons. The number of fused-ring (bicyclic) bond motifs is 1. The molecule has 0 aliphatic carbocycles. The fraction of sp³-hybridized carbons (Fsp3) is 0.0833. The summed E-state index contributed by atoms with van der Waals surface area (Å²) in [5.41, 5.74) is 1.95. The van der Waals surface area contributed by atoms with E-state index in [4.69, 9.17) is 13.9 Å². The van der Waals surface area contributed by atoms with Gasteiger partial charge in [-0.1, -0.05) is 30.3 Å². The van der Waals surface area contributed by atoms with Gasteiger partial charge in [0.05, 0.1) is 25.5 Å². The molecule has 0 spiro atoms. The van der Waals surface area contributed by atoms with Crippen molar-refractivity contribution in [3.63, 3.8) is 0 Å². The van der Waals surface area contributed by atoms with E-state index in [-0.39, 0.29) is 5.91 Å². The van der Waals surface area contributed by atoms with Crippen molar-refractivity contribution in [3.05, 3.63) is 88.8 Å². The van der Waals surface area contributed by atoms with Crippen LogP contribution in [-0.2, 0) is 0 Å². The number of carbonyl (C=O) groups is 1. The summed E-state index contributed by atoms with van der Waals surface area (Å²) < 4.78 is 16.0. The number of para-hydroxylation sites is 1. The second-order valence-corrected chi connectivity index (χ2v) is 6.59. The fourth-order valence-electron chi connectivity index (χ4n) is 3.20. The van der Waals surface area contributed by atoms with Crippen LogP contribution in [0.5, 0.6) is 11.5 Å². The lowest BCUT2D eigenvalue weighted by atomic mass is 10.0. The maximum atomic E-state index is 12.7. The van der Waals surface area contributed by atoms with Gasteiger partial charge in [0.2, 0.25) is 0 Å². The summed E-state index contributed by atoms with van der Waals surface area (Å²) in [7, 11) is 3.05. The normalized spacial score (nSPS) is 10.6. The third kappa shape index (κ3) is 3.75. The molecule has 4 rings (SSSR count). The number of rotatable bonds is 5. The SMILES string of the molecule is COc1cccc(C(=O)Nc2cc(-c3cc4ccccc4oc3=O)ccc2OC)c1. The molecule has 0 aliphatic heterocycles. The Morgan fingerprint density at radius 3 is 2.53 bits per heavy atom. The molecule has 0 aliphatic rings. The highest BCUT2D eigenvalue weighted by molar-refractivity contribution is 6.05. The largest absolute Gasteiger partial charge is 0.497 e. The Morgan fingerprint density at radius 1 is 0.900 bits per heavy atom. The minimum absolute atomic E-state index is 0.324. The number of hydrogen-bond acceptors (Lipinski definition) is 5. The Labute approximate surface area is 172 Å². The van der Waals surface area contributed by atoms with Gasteiger partial charge in [0.25, 0.3) is 5.91 Å². The summed E-state index contributed by atoms with van der Waals surface area (Å²) in [5, 5.41) is 3.65. The standard InChI is InChI=1S/C24H19NO5/c1-28-18-8-5-7-17(12-18)23(26)25-20-14-15(10-11-22(20)29-2)19-13-16-6-3-4-9-21(16)30-24(19)27/h3-14H,1-2H3,(H,25,26). The summed E-state index contributed by atoms with van der Waals surface area (Å²) in [6.45, 7) is 0. The van der Waals surface area contributed by atoms with Gasteiger partial charge in [-0.25, -0.2) is 4.79 Å². The molecule has 1 aromatic heterocycles. The number of nitrogens with one attached hydrogen (secondary N) is 1. The van der Waals surface area contributed by atoms with Gasteiger partial charge in [-0.3, -0.25) is 4.79 Å². The first kappa shape index (κ1) is 19.3. The minimum Gasteiger partial charge on any atom is -0.497 e. The zero-order valence-electron chi connectivity index (χ0n) is 16.5. The molecule has 1 heterocycles. The first-order valence-electron chi connectivity index (χ1n) is 9.26. The highest BCUT2D eigenvalue weighted by Crippen LogP contribution is 2.31. The highest BCUT2D eigenvalue weighted by atomic mass is 16.5. The van der Waals surface area contributed by atoms with Crippen LogP contribution in [0.1, 0.15) is 10.4 Å². The van der Waals surface area contributed by atoms with Crippen molar-refractivity contribution in [3.8, 4) is 22.6 Å². The number of anilines is 1. The number of ether oxygens (including phenoxy) is 2. The van der Waals surface area contributed by atoms with Crippen LogP contribution in [0.3, 0.4) is 0 Å². The van der Waals surface area contributed by atoms with Crippen molar-refractivity contribution < 1.29 is 18.7 Å². The monoisotopic (exact) mass is 401 g/mol. The maximum Gasteiger partial charge on any atom is 0.344 e. The Bertz CT molecular complexity index is 1290. The Hall–Kier alpha value is -4.06. The van der Waals surface area contributed by atoms with E-state index in [2.05, 4.69) is 5.32 Å². The van der Waals surface area contributed by atoms with Crippen LogP contribution in [0.4, 0.5) is 5.69 Å². The van der Waals surface area contributed by atoms with Crippen molar-refractivity contribution in [1.82, 2.24) is 0 Å². The van der Waals surface area contributed by atoms with E-state index in [9.17, 15) is 9.59 Å². The van der Waals surface area contributed by atoms with E-state index < -0.39 is 5.63 Å². The van der Waals surface area contributed by atoms with Crippen LogP contribution in [-0.4, -0.2) is 20.1 Å². The smallest absolute Gasteiger partial charge is 0.344 e. The van der Waals surface area contributed by atoms with Crippen molar-refractivity contribution in [2.75, 3.05) is 19.5 Å². The summed E-state index contributed by atoms with van der Waals surface area (Å²) >= 11 is 0. The molecule has 0 atom stereocenters. The van der Waals surface area contributed by atoms with Gasteiger partial charge in [0, 0.05) is 10.9 Å². The zero-order chi connectivity index (χ0) is 21.1. The molecule has 0 bridgehead atoms. The first-order chi connectivity index (χ1) is 14.6. The Balaban J connectivity index is 1.73. The Kier molecular flexibility index (Phi) is 5.22. The van der Waals surface area contributed by atoms with E-state index in [1.807, 2.05) is 18.2 Å². The number of carbonyl (C=O) groups excluding carboxylic acids is 1. The van der Waals surface area contributed by atoms with Crippen molar-refractivity contribution in [2.24, 2.45) is 0 Å². The van der Waals surface area contributed by atoms with E-state index in [1.165, 1.54) is 7.11 Å². The van der Waals surface area contributed by atoms with E-state index >= 15 is 0 Å². The lowest BCUT2D eigenvalue weighted by Crippen LogP contribution is -2.13. The maximum absolute atomic E-state index is 12.7. The van der Waals surface area contributed by atoms with Crippen molar-refractivity contribution >= 4 is 22.6 Å². The molecule has 1 amide bonds. The van der Waals surface area contributed by atoms with Crippen LogP contribution in [0.2, 0.25) is 0 Å². The lowest BCUT2D eigenvalue weighted by Gasteiger charge is -2.13. The fourth-order valence-corrected chi connectivity index (χ4v) is 3.20. The molecule has 0 fully saturated rings. The zero-order valence-corrected chi connectivity index (χ0v) is 16.5. The predicted molar refractivity (Wildman–Crippen MR) is 115 cm³/mol. The quantitative estimate of drug-likeness (QED) is 0.489. The molecule has 3 aromatic carbocycles. The molecule has 0 saturated heterocycles. The van der Waals surface area contributed by atoms with Gasteiger partial charge >= 0.3 is 5.63 Å². The predicted octanol–water partition coefficient (Wildman–Crippen LogP) is 4.73. The van der Waals surface area contributed by atoms with Crippen molar-refractivity contribution in [1.29, 1.82) is 0 Å². The van der Waals surface area contributed by atoms with Gasteiger partial charge in [-0.2, -0.15) is 0 Å². The molecule has 4 aromatic rings. The minimum atomic E-state index is -0.455. The topological polar surface area (TPSA) is 77.8 Å². The molecular formula is C24H19NO5. The van der Waals surface area contributed by atoms with E-state index in [0.29, 0.717) is 39.5 Å². The number of hydrogen-bond donors (Lipinski definition) is 1. The average molecular weight is 401 g/mol. The summed E-state index contributed by atoms with van der Waals surface area (Å²) in [6, 6.07) is 21.0. The molecular weight excluding hydrogens is 382 g/mol. The summed E-state index contributed by atoms with van der Waals surface area (Å²) in [4.78, 5) is 25.3. The number of amides is 1. The number of benzene rings is 3. The molecule has 30 heavy (non-hydrogen) atoms. The van der Waals surface area contributed by atoms with Gasteiger partial charge in [-0.05, 0) is 48.0 Å². The van der Waals surface area contributed by atoms with Gasteiger partial charge in [-0.15, -0.1) is 0 Å². The lowest BCUT2D eigenvalue weighted by molar-refractivity contribution is 0.102. The third-order valence-corrected chi connectivity index (χ3v) is 4.73. The molecule has 6 heteroatoms. The van der Waals surface area contributed by atoms with Crippen LogP contribution in [0.15, 0.2) is 82.0 Å². The summed E-state index contributed by atoms with van der Waals surface area (Å²) in [5.74, 6) is 0.729. The molecule has 1 N–H and O–H groups in total. The van der Waals surface area contributed by atoms with Crippen LogP contribution >= 0.6 is 0 Å². The Morgan fingerprint density at radius 2 is 1.73 bits per heavy atom. The van der Waals surface area contributed by atoms with Gasteiger partial charge < -0.3 is 19.2 Å². The van der Waals surface area contributed by atoms with Crippen LogP contribution in [0.25, 0.3) is 22.1 Å². The summed E-state index contributed by atoms with van der Waals surface area (Å²) in [6.07, 6.45) is 0.